The van der Waals surface area contributed by atoms with Crippen LogP contribution in [-0.2, 0) is 11.0 Å². The Balaban J connectivity index is 0.00000176. The topological polar surface area (TPSA) is 90.4 Å². The lowest BCUT2D eigenvalue weighted by Gasteiger charge is -2.12. The van der Waals surface area contributed by atoms with Crippen molar-refractivity contribution in [3.63, 3.8) is 0 Å². The van der Waals surface area contributed by atoms with E-state index in [-0.39, 0.29) is 6.15 Å². The summed E-state index contributed by atoms with van der Waals surface area (Å²) in [6.45, 7) is 0. The van der Waals surface area contributed by atoms with Crippen molar-refractivity contribution in [3.8, 4) is 5.75 Å². The van der Waals surface area contributed by atoms with E-state index in [0.29, 0.717) is 5.75 Å². The largest absolute Gasteiger partial charge is 0.384 e. The summed E-state index contributed by atoms with van der Waals surface area (Å²) in [6.07, 6.45) is 0. The van der Waals surface area contributed by atoms with Gasteiger partial charge in [0.05, 0.1) is 5.69 Å². The van der Waals surface area contributed by atoms with Gasteiger partial charge in [0.25, 0.3) is 11.0 Å². The zero-order valence-electron chi connectivity index (χ0n) is 11.7. The molecule has 0 aliphatic rings. The fourth-order valence-corrected chi connectivity index (χ4v) is 2.56. The molecule has 3 aromatic carbocycles. The Kier molecular flexibility index (Phi) is 4.98. The van der Waals surface area contributed by atoms with Crippen molar-refractivity contribution in [1.82, 2.24) is 6.15 Å². The van der Waals surface area contributed by atoms with Crippen molar-refractivity contribution in [3.05, 3.63) is 66.7 Å². The Morgan fingerprint density at radius 1 is 0.818 bits per heavy atom. The van der Waals surface area contributed by atoms with Crippen LogP contribution in [0, 0.1) is 0 Å². The summed E-state index contributed by atoms with van der Waals surface area (Å²) in [6, 6.07) is 20.7. The smallest absolute Gasteiger partial charge is 0.299 e. The summed E-state index contributed by atoms with van der Waals surface area (Å²) in [5, 5.41) is 4.93. The summed E-state index contributed by atoms with van der Waals surface area (Å²) < 4.78 is 26.7. The molecule has 3 rings (SSSR count). The summed E-state index contributed by atoms with van der Waals surface area (Å²) >= 11 is 0. The number of anilines is 2. The first kappa shape index (κ1) is 15.8. The summed E-state index contributed by atoms with van der Waals surface area (Å²) in [7, 11) is -2.95. The summed E-state index contributed by atoms with van der Waals surface area (Å²) in [5.74, 6) is 0.322. The molecule has 22 heavy (non-hydrogen) atoms. The highest BCUT2D eigenvalue weighted by Gasteiger charge is 2.08. The third-order valence-corrected chi connectivity index (χ3v) is 3.44. The van der Waals surface area contributed by atoms with Crippen molar-refractivity contribution in [2.45, 2.75) is 0 Å². The predicted octanol–water partition coefficient (Wildman–Crippen LogP) is 3.65. The van der Waals surface area contributed by atoms with Crippen LogP contribution in [0.4, 0.5) is 11.4 Å². The van der Waals surface area contributed by atoms with Gasteiger partial charge >= 0.3 is 0 Å². The van der Waals surface area contributed by atoms with Crippen LogP contribution in [0.1, 0.15) is 0 Å². The zero-order chi connectivity index (χ0) is 14.7. The van der Waals surface area contributed by atoms with E-state index in [1.54, 1.807) is 12.1 Å². The van der Waals surface area contributed by atoms with Gasteiger partial charge in [0.15, 0.2) is 5.75 Å². The lowest BCUT2D eigenvalue weighted by Crippen LogP contribution is -1.95. The van der Waals surface area contributed by atoms with Gasteiger partial charge in [-0.1, -0.05) is 42.5 Å². The number of nitrogens with one attached hydrogen (secondary N) is 1. The number of thiol groups is 1. The highest BCUT2D eigenvalue weighted by atomic mass is 32.2. The van der Waals surface area contributed by atoms with Gasteiger partial charge in [0.2, 0.25) is 0 Å². The van der Waals surface area contributed by atoms with Gasteiger partial charge in [0, 0.05) is 11.1 Å². The minimum Gasteiger partial charge on any atom is -0.384 e. The first-order valence-electron chi connectivity index (χ1n) is 6.40. The minimum atomic E-state index is -2.95. The SMILES string of the molecule is N.O=[SH](=O)Oc1cccc2cccc(Nc3ccccc3)c12. The van der Waals surface area contributed by atoms with Crippen LogP contribution < -0.4 is 15.7 Å². The highest BCUT2D eigenvalue weighted by Crippen LogP contribution is 2.34. The predicted molar refractivity (Wildman–Crippen MR) is 89.6 cm³/mol. The molecule has 0 unspecified atom stereocenters. The van der Waals surface area contributed by atoms with Gasteiger partial charge in [-0.25, -0.2) is 0 Å². The number of hydrogen-bond donors (Lipinski definition) is 3. The van der Waals surface area contributed by atoms with E-state index >= 15 is 0 Å². The van der Waals surface area contributed by atoms with Crippen LogP contribution in [0.2, 0.25) is 0 Å². The van der Waals surface area contributed by atoms with E-state index < -0.39 is 11.0 Å². The molecule has 0 saturated heterocycles. The van der Waals surface area contributed by atoms with E-state index in [1.165, 1.54) is 0 Å². The Labute approximate surface area is 130 Å². The molecule has 0 amide bonds. The monoisotopic (exact) mass is 316 g/mol. The molecule has 0 aromatic heterocycles. The first-order valence-corrected chi connectivity index (χ1v) is 7.50. The standard InChI is InChI=1S/C16H13NO3S.H3N/c18-21(19)20-15-11-5-7-12-6-4-10-14(16(12)15)17-13-8-2-1-3-9-13;/h1-11,17,21H;1H3. The fraction of sp³-hybridized carbons (Fsp3) is 0. The molecule has 0 aliphatic carbocycles. The maximum atomic E-state index is 10.9. The van der Waals surface area contributed by atoms with Gasteiger partial charge < -0.3 is 15.7 Å². The Bertz CT molecular complexity index is 835. The van der Waals surface area contributed by atoms with E-state index in [2.05, 4.69) is 5.32 Å². The van der Waals surface area contributed by atoms with Crippen molar-refractivity contribution >= 4 is 33.1 Å². The average Bonchev–Trinajstić information content (AvgIpc) is 2.48. The van der Waals surface area contributed by atoms with Crippen molar-refractivity contribution in [2.75, 3.05) is 5.32 Å². The van der Waals surface area contributed by atoms with Crippen LogP contribution in [0.5, 0.6) is 5.75 Å². The molecular weight excluding hydrogens is 300 g/mol. The first-order chi connectivity index (χ1) is 10.2. The molecular formula is C16H16N2O3S. The molecule has 3 aromatic rings. The van der Waals surface area contributed by atoms with Gasteiger partial charge in [0.1, 0.15) is 0 Å². The van der Waals surface area contributed by atoms with Gasteiger partial charge in [-0.3, -0.25) is 0 Å². The molecule has 4 N–H and O–H groups in total. The Morgan fingerprint density at radius 2 is 1.50 bits per heavy atom. The van der Waals surface area contributed by atoms with Crippen LogP contribution in [0.15, 0.2) is 66.7 Å². The maximum absolute atomic E-state index is 10.9. The molecule has 5 nitrogen and oxygen atoms in total. The van der Waals surface area contributed by atoms with Gasteiger partial charge in [-0.2, -0.15) is 8.42 Å². The molecule has 0 heterocycles. The van der Waals surface area contributed by atoms with Crippen molar-refractivity contribution < 1.29 is 12.6 Å². The molecule has 0 radical (unpaired) electrons. The molecule has 0 aliphatic heterocycles. The zero-order valence-corrected chi connectivity index (χ0v) is 12.6. The quantitative estimate of drug-likeness (QED) is 0.639. The summed E-state index contributed by atoms with van der Waals surface area (Å²) in [5.41, 5.74) is 1.72. The Morgan fingerprint density at radius 3 is 2.18 bits per heavy atom. The molecule has 114 valence electrons. The number of rotatable bonds is 4. The van der Waals surface area contributed by atoms with Gasteiger partial charge in [-0.05, 0) is 29.7 Å². The molecule has 0 bridgehead atoms. The highest BCUT2D eigenvalue weighted by molar-refractivity contribution is 7.67. The van der Waals surface area contributed by atoms with E-state index in [4.69, 9.17) is 4.18 Å². The van der Waals surface area contributed by atoms with Crippen LogP contribution in [-0.4, -0.2) is 8.42 Å². The fourth-order valence-electron chi connectivity index (χ4n) is 2.24. The second kappa shape index (κ2) is 6.93. The molecule has 0 saturated carbocycles. The maximum Gasteiger partial charge on any atom is 0.299 e. The van der Waals surface area contributed by atoms with E-state index in [0.717, 1.165) is 22.1 Å². The number of para-hydroxylation sites is 1. The molecule has 0 atom stereocenters. The molecule has 0 spiro atoms. The van der Waals surface area contributed by atoms with Crippen LogP contribution in [0.25, 0.3) is 10.8 Å². The van der Waals surface area contributed by atoms with Crippen molar-refractivity contribution in [2.24, 2.45) is 0 Å². The number of benzene rings is 3. The molecule has 0 fully saturated rings. The lowest BCUT2D eigenvalue weighted by atomic mass is 10.1. The normalized spacial score (nSPS) is 10.2. The average molecular weight is 316 g/mol. The number of hydrogen-bond acceptors (Lipinski definition) is 5. The third kappa shape index (κ3) is 3.36. The number of fused-ring (bicyclic) bond motifs is 1. The third-order valence-electron chi connectivity index (χ3n) is 3.09. The van der Waals surface area contributed by atoms with Gasteiger partial charge in [-0.15, -0.1) is 0 Å². The minimum absolute atomic E-state index is 0. The van der Waals surface area contributed by atoms with Crippen molar-refractivity contribution in [1.29, 1.82) is 0 Å². The molecule has 6 heteroatoms. The van der Waals surface area contributed by atoms with Crippen LogP contribution in [0.3, 0.4) is 0 Å². The Hall–Kier alpha value is -2.57. The van der Waals surface area contributed by atoms with E-state index in [1.807, 2.05) is 54.6 Å². The van der Waals surface area contributed by atoms with E-state index in [9.17, 15) is 8.42 Å². The lowest BCUT2D eigenvalue weighted by molar-refractivity contribution is 0.513. The summed E-state index contributed by atoms with van der Waals surface area (Å²) in [4.78, 5) is 0. The van der Waals surface area contributed by atoms with Crippen LogP contribution >= 0.6 is 0 Å². The second-order valence-corrected chi connectivity index (χ2v) is 5.10. The second-order valence-electron chi connectivity index (χ2n) is 4.47.